The molecule has 8 heteroatoms. The van der Waals surface area contributed by atoms with E-state index in [0.717, 1.165) is 23.1 Å². The average Bonchev–Trinajstić information content (AvgIpc) is 2.93. The number of aromatic nitrogens is 2. The molecule has 0 bridgehead atoms. The second-order valence-electron chi connectivity index (χ2n) is 7.20. The molecule has 0 atom stereocenters. The van der Waals surface area contributed by atoms with E-state index in [-0.39, 0.29) is 6.61 Å². The lowest BCUT2D eigenvalue weighted by atomic mass is 10.1. The molecule has 2 aliphatic rings. The fourth-order valence-corrected chi connectivity index (χ4v) is 5.14. The van der Waals surface area contributed by atoms with Crippen molar-refractivity contribution in [3.05, 3.63) is 40.0 Å². The number of ether oxygens (including phenoxy) is 3. The zero-order chi connectivity index (χ0) is 19.8. The van der Waals surface area contributed by atoms with E-state index in [1.807, 2.05) is 0 Å². The van der Waals surface area contributed by atoms with Crippen LogP contribution in [0.2, 0.25) is 0 Å². The maximum absolute atomic E-state index is 12.4. The topological polar surface area (TPSA) is 96.6 Å². The molecule has 2 N–H and O–H groups in total. The molecule has 3 heterocycles. The number of nitrogen functional groups attached to an aromatic ring is 1. The third kappa shape index (κ3) is 3.48. The van der Waals surface area contributed by atoms with E-state index in [0.29, 0.717) is 41.9 Å². The summed E-state index contributed by atoms with van der Waals surface area (Å²) >= 11 is 1.69. The van der Waals surface area contributed by atoms with Gasteiger partial charge in [0, 0.05) is 4.88 Å². The first-order valence-electron chi connectivity index (χ1n) is 9.82. The Balaban J connectivity index is 1.35. The molecular weight excluding hydrogens is 390 g/mol. The first-order valence-corrected chi connectivity index (χ1v) is 10.6. The van der Waals surface area contributed by atoms with Gasteiger partial charge in [0.1, 0.15) is 23.9 Å². The second-order valence-corrected chi connectivity index (χ2v) is 8.29. The van der Waals surface area contributed by atoms with Gasteiger partial charge in [-0.25, -0.2) is 14.8 Å². The molecule has 0 saturated heterocycles. The summed E-state index contributed by atoms with van der Waals surface area (Å²) in [5, 5.41) is 0.980. The van der Waals surface area contributed by atoms with Gasteiger partial charge in [0.2, 0.25) is 0 Å². The van der Waals surface area contributed by atoms with Gasteiger partial charge in [-0.05, 0) is 49.4 Å². The highest BCUT2D eigenvalue weighted by molar-refractivity contribution is 7.19. The molecule has 29 heavy (non-hydrogen) atoms. The van der Waals surface area contributed by atoms with Gasteiger partial charge >= 0.3 is 5.97 Å². The zero-order valence-electron chi connectivity index (χ0n) is 15.9. The normalized spacial score (nSPS) is 15.6. The lowest BCUT2D eigenvalue weighted by Gasteiger charge is -2.18. The molecule has 0 amide bonds. The van der Waals surface area contributed by atoms with Gasteiger partial charge in [0.15, 0.2) is 23.9 Å². The third-order valence-electron chi connectivity index (χ3n) is 5.25. The van der Waals surface area contributed by atoms with Crippen molar-refractivity contribution in [1.29, 1.82) is 0 Å². The van der Waals surface area contributed by atoms with E-state index in [4.69, 9.17) is 19.9 Å². The van der Waals surface area contributed by atoms with E-state index >= 15 is 0 Å². The lowest BCUT2D eigenvalue weighted by molar-refractivity contribution is 0.0461. The Bertz CT molecular complexity index is 1100. The van der Waals surface area contributed by atoms with Gasteiger partial charge in [-0.15, -0.1) is 11.3 Å². The highest BCUT2D eigenvalue weighted by Gasteiger charge is 2.20. The number of fused-ring (bicyclic) bond motifs is 4. The van der Waals surface area contributed by atoms with Gasteiger partial charge < -0.3 is 19.9 Å². The third-order valence-corrected chi connectivity index (χ3v) is 6.43. The summed E-state index contributed by atoms with van der Waals surface area (Å²) in [6, 6.07) is 5.00. The Morgan fingerprint density at radius 1 is 1.10 bits per heavy atom. The number of thiophene rings is 1. The van der Waals surface area contributed by atoms with Crippen molar-refractivity contribution >= 4 is 33.3 Å². The number of esters is 1. The Morgan fingerprint density at radius 3 is 2.83 bits per heavy atom. The largest absolute Gasteiger partial charge is 0.486 e. The zero-order valence-corrected chi connectivity index (χ0v) is 16.7. The van der Waals surface area contributed by atoms with Gasteiger partial charge in [-0.2, -0.15) is 0 Å². The van der Waals surface area contributed by atoms with Crippen LogP contribution in [0.25, 0.3) is 10.2 Å². The molecule has 1 aliphatic heterocycles. The predicted octanol–water partition coefficient (Wildman–Crippen LogP) is 3.67. The summed E-state index contributed by atoms with van der Waals surface area (Å²) in [5.74, 6) is 1.60. The fraction of sp³-hybridized carbons (Fsp3) is 0.381. The Hall–Kier alpha value is -2.87. The fourth-order valence-electron chi connectivity index (χ4n) is 3.86. The summed E-state index contributed by atoms with van der Waals surface area (Å²) in [4.78, 5) is 23.7. The van der Waals surface area contributed by atoms with Crippen LogP contribution in [0.5, 0.6) is 11.5 Å². The SMILES string of the molecule is Nc1nc(COC(=O)c2ccc3c(c2)OCCO3)nc2sc3c(c12)CCCCC3. The molecule has 0 radical (unpaired) electrons. The first-order chi connectivity index (χ1) is 14.2. The van der Waals surface area contributed by atoms with Crippen molar-refractivity contribution < 1.29 is 19.0 Å². The quantitative estimate of drug-likeness (QED) is 0.519. The average molecular weight is 411 g/mol. The Kier molecular flexibility index (Phi) is 4.71. The maximum Gasteiger partial charge on any atom is 0.338 e. The van der Waals surface area contributed by atoms with Crippen LogP contribution in [0.4, 0.5) is 5.82 Å². The standard InChI is InChI=1S/C21H21N3O4S/c22-19-18-13-4-2-1-3-5-16(13)29-20(18)24-17(23-19)11-28-21(25)12-6-7-14-15(10-12)27-9-8-26-14/h6-7,10H,1-5,8-9,11H2,(H2,22,23,24). The maximum atomic E-state index is 12.4. The van der Waals surface area contributed by atoms with E-state index in [1.54, 1.807) is 29.5 Å². The number of hydrogen-bond acceptors (Lipinski definition) is 8. The number of nitrogens with two attached hydrogens (primary N) is 1. The molecule has 1 aromatic carbocycles. The number of nitrogens with zero attached hydrogens (tertiary/aromatic N) is 2. The van der Waals surface area contributed by atoms with Crippen molar-refractivity contribution in [2.75, 3.05) is 18.9 Å². The van der Waals surface area contributed by atoms with Crippen LogP contribution in [0.3, 0.4) is 0 Å². The molecular formula is C21H21N3O4S. The number of aryl methyl sites for hydroxylation is 2. The molecule has 5 rings (SSSR count). The minimum Gasteiger partial charge on any atom is -0.486 e. The molecule has 7 nitrogen and oxygen atoms in total. The number of rotatable bonds is 3. The van der Waals surface area contributed by atoms with Gasteiger partial charge in [-0.3, -0.25) is 0 Å². The monoisotopic (exact) mass is 411 g/mol. The van der Waals surface area contributed by atoms with Crippen molar-refractivity contribution in [2.24, 2.45) is 0 Å². The van der Waals surface area contributed by atoms with Gasteiger partial charge in [0.05, 0.1) is 10.9 Å². The van der Waals surface area contributed by atoms with Crippen LogP contribution in [-0.4, -0.2) is 29.2 Å². The van der Waals surface area contributed by atoms with Crippen molar-refractivity contribution in [1.82, 2.24) is 9.97 Å². The molecule has 2 aromatic heterocycles. The number of anilines is 1. The summed E-state index contributed by atoms with van der Waals surface area (Å²) in [6.07, 6.45) is 5.73. The molecule has 150 valence electrons. The predicted molar refractivity (Wildman–Crippen MR) is 110 cm³/mol. The van der Waals surface area contributed by atoms with Gasteiger partial charge in [0.25, 0.3) is 0 Å². The van der Waals surface area contributed by atoms with Crippen LogP contribution in [0.1, 0.15) is 45.9 Å². The molecule has 0 fully saturated rings. The smallest absolute Gasteiger partial charge is 0.338 e. The number of benzene rings is 1. The molecule has 1 aliphatic carbocycles. The van der Waals surface area contributed by atoms with E-state index < -0.39 is 5.97 Å². The van der Waals surface area contributed by atoms with E-state index in [1.165, 1.54) is 29.7 Å². The summed E-state index contributed by atoms with van der Waals surface area (Å²) in [6.45, 7) is 0.934. The minimum atomic E-state index is -0.466. The molecule has 3 aromatic rings. The van der Waals surface area contributed by atoms with Crippen molar-refractivity contribution in [3.63, 3.8) is 0 Å². The van der Waals surface area contributed by atoms with E-state index in [9.17, 15) is 4.79 Å². The lowest BCUT2D eigenvalue weighted by Crippen LogP contribution is -2.16. The minimum absolute atomic E-state index is 0.0318. The van der Waals surface area contributed by atoms with Crippen LogP contribution >= 0.6 is 11.3 Å². The summed E-state index contributed by atoms with van der Waals surface area (Å²) in [7, 11) is 0. The molecule has 0 unspecified atom stereocenters. The van der Waals surface area contributed by atoms with Crippen LogP contribution in [0, 0.1) is 0 Å². The summed E-state index contributed by atoms with van der Waals surface area (Å²) < 4.78 is 16.4. The number of hydrogen-bond donors (Lipinski definition) is 1. The van der Waals surface area contributed by atoms with Crippen molar-refractivity contribution in [3.8, 4) is 11.5 Å². The van der Waals surface area contributed by atoms with Crippen LogP contribution in [-0.2, 0) is 24.2 Å². The highest BCUT2D eigenvalue weighted by Crippen LogP contribution is 2.37. The molecule has 0 saturated carbocycles. The van der Waals surface area contributed by atoms with E-state index in [2.05, 4.69) is 9.97 Å². The number of carbonyl (C=O) groups excluding carboxylic acids is 1. The highest BCUT2D eigenvalue weighted by atomic mass is 32.1. The Morgan fingerprint density at radius 2 is 1.93 bits per heavy atom. The second kappa shape index (κ2) is 7.51. The molecule has 0 spiro atoms. The Labute approximate surface area is 171 Å². The van der Waals surface area contributed by atoms with Crippen molar-refractivity contribution in [2.45, 2.75) is 38.7 Å². The number of carbonyl (C=O) groups is 1. The van der Waals surface area contributed by atoms with Crippen LogP contribution < -0.4 is 15.2 Å². The van der Waals surface area contributed by atoms with Gasteiger partial charge in [-0.1, -0.05) is 6.42 Å². The first kappa shape index (κ1) is 18.2. The summed E-state index contributed by atoms with van der Waals surface area (Å²) in [5.41, 5.74) is 7.95. The van der Waals surface area contributed by atoms with Crippen LogP contribution in [0.15, 0.2) is 18.2 Å².